The molecule has 1 aliphatic heterocycles. The van der Waals surface area contributed by atoms with Crippen molar-refractivity contribution in [2.45, 2.75) is 37.6 Å². The molecule has 17 heavy (non-hydrogen) atoms. The second-order valence-electron chi connectivity index (χ2n) is 4.94. The van der Waals surface area contributed by atoms with Crippen LogP contribution in [0.5, 0.6) is 0 Å². The van der Waals surface area contributed by atoms with E-state index in [-0.39, 0.29) is 0 Å². The second kappa shape index (κ2) is 4.72. The third kappa shape index (κ3) is 2.83. The van der Waals surface area contributed by atoms with Gasteiger partial charge in [0.25, 0.3) is 0 Å². The van der Waals surface area contributed by atoms with Crippen LogP contribution in [0.15, 0.2) is 23.7 Å². The monoisotopic (exact) mass is 250 g/mol. The molecular formula is C12H18N4S. The molecule has 2 unspecified atom stereocenters. The normalized spacial score (nSPS) is 25.7. The maximum atomic E-state index is 4.59. The van der Waals surface area contributed by atoms with Crippen LogP contribution in [-0.4, -0.2) is 32.6 Å². The number of nitrogens with zero attached hydrogens (tertiary/aromatic N) is 3. The molecule has 0 saturated heterocycles. The Morgan fingerprint density at radius 2 is 2.47 bits per heavy atom. The molecule has 0 radical (unpaired) electrons. The Hall–Kier alpha value is -0.970. The number of thioether (sulfide) groups is 1. The fraction of sp³-hybridized carbons (Fsp3) is 0.667. The van der Waals surface area contributed by atoms with Gasteiger partial charge in [-0.05, 0) is 25.7 Å². The van der Waals surface area contributed by atoms with Gasteiger partial charge in [0.1, 0.15) is 0 Å². The number of imidazole rings is 1. The van der Waals surface area contributed by atoms with Crippen molar-refractivity contribution in [3.05, 3.63) is 18.7 Å². The van der Waals surface area contributed by atoms with E-state index in [2.05, 4.69) is 26.8 Å². The first-order chi connectivity index (χ1) is 8.31. The van der Waals surface area contributed by atoms with E-state index < -0.39 is 0 Å². The summed E-state index contributed by atoms with van der Waals surface area (Å²) >= 11 is 1.94. The van der Waals surface area contributed by atoms with E-state index in [1.165, 1.54) is 12.8 Å². The lowest BCUT2D eigenvalue weighted by Gasteiger charge is -2.15. The Morgan fingerprint density at radius 3 is 3.18 bits per heavy atom. The molecule has 0 aromatic carbocycles. The van der Waals surface area contributed by atoms with E-state index in [4.69, 9.17) is 0 Å². The molecule has 1 N–H and O–H groups in total. The lowest BCUT2D eigenvalue weighted by Crippen LogP contribution is -2.33. The molecule has 92 valence electrons. The second-order valence-corrected chi connectivity index (χ2v) is 6.17. The molecule has 4 nitrogen and oxygen atoms in total. The Bertz CT molecular complexity index is 397. The third-order valence-electron chi connectivity index (χ3n) is 3.24. The average Bonchev–Trinajstić information content (AvgIpc) is 2.84. The number of aliphatic imine (C=N–C) groups is 1. The van der Waals surface area contributed by atoms with Crippen LogP contribution in [0.4, 0.5) is 0 Å². The van der Waals surface area contributed by atoms with E-state index in [0.717, 1.165) is 29.4 Å². The highest BCUT2D eigenvalue weighted by molar-refractivity contribution is 8.14. The standard InChI is InChI=1S/C12H18N4S/c1-9(7-16-5-4-13-8-16)15-12-14-6-11(17-12)10-2-3-10/h4-5,8-11H,2-3,6-7H2,1H3,(H,14,15). The van der Waals surface area contributed by atoms with Crippen molar-refractivity contribution in [3.8, 4) is 0 Å². The Morgan fingerprint density at radius 1 is 1.59 bits per heavy atom. The lowest BCUT2D eigenvalue weighted by atomic mass is 10.3. The van der Waals surface area contributed by atoms with Crippen molar-refractivity contribution in [1.82, 2.24) is 14.9 Å². The molecule has 2 atom stereocenters. The lowest BCUT2D eigenvalue weighted by molar-refractivity contribution is 0.548. The first kappa shape index (κ1) is 11.1. The highest BCUT2D eigenvalue weighted by Crippen LogP contribution is 2.41. The molecule has 1 aliphatic carbocycles. The van der Waals surface area contributed by atoms with E-state index in [9.17, 15) is 0 Å². The molecule has 0 amide bonds. The zero-order valence-electron chi connectivity index (χ0n) is 10.0. The largest absolute Gasteiger partial charge is 0.361 e. The van der Waals surface area contributed by atoms with E-state index in [1.807, 2.05) is 30.5 Å². The molecule has 5 heteroatoms. The van der Waals surface area contributed by atoms with Gasteiger partial charge >= 0.3 is 0 Å². The topological polar surface area (TPSA) is 42.2 Å². The summed E-state index contributed by atoms with van der Waals surface area (Å²) in [5, 5.41) is 5.38. The smallest absolute Gasteiger partial charge is 0.157 e. The first-order valence-electron chi connectivity index (χ1n) is 6.24. The van der Waals surface area contributed by atoms with Crippen LogP contribution < -0.4 is 5.32 Å². The number of hydrogen-bond acceptors (Lipinski definition) is 4. The summed E-state index contributed by atoms with van der Waals surface area (Å²) < 4.78 is 2.09. The summed E-state index contributed by atoms with van der Waals surface area (Å²) in [4.78, 5) is 8.64. The number of rotatable bonds is 4. The molecule has 1 aromatic rings. The van der Waals surface area contributed by atoms with Crippen LogP contribution in [0.1, 0.15) is 19.8 Å². The number of amidine groups is 1. The first-order valence-corrected chi connectivity index (χ1v) is 7.12. The van der Waals surface area contributed by atoms with E-state index in [0.29, 0.717) is 6.04 Å². The van der Waals surface area contributed by atoms with Gasteiger partial charge in [0, 0.05) is 30.2 Å². The predicted octanol–water partition coefficient (Wildman–Crippen LogP) is 1.74. The predicted molar refractivity (Wildman–Crippen MR) is 71.2 cm³/mol. The summed E-state index contributed by atoms with van der Waals surface area (Å²) in [6.07, 6.45) is 8.48. The van der Waals surface area contributed by atoms with Gasteiger partial charge in [0.15, 0.2) is 5.17 Å². The average molecular weight is 250 g/mol. The van der Waals surface area contributed by atoms with Crippen LogP contribution in [0.2, 0.25) is 0 Å². The van der Waals surface area contributed by atoms with Crippen LogP contribution in [-0.2, 0) is 6.54 Å². The SMILES string of the molecule is CC(Cn1ccnc1)NC1=NCC(C2CC2)S1. The minimum atomic E-state index is 0.397. The molecular weight excluding hydrogens is 232 g/mol. The molecule has 3 rings (SSSR count). The van der Waals surface area contributed by atoms with E-state index >= 15 is 0 Å². The molecule has 1 fully saturated rings. The van der Waals surface area contributed by atoms with Gasteiger partial charge in [-0.1, -0.05) is 11.8 Å². The number of aromatic nitrogens is 2. The molecule has 1 saturated carbocycles. The van der Waals surface area contributed by atoms with Gasteiger partial charge in [-0.15, -0.1) is 0 Å². The number of hydrogen-bond donors (Lipinski definition) is 1. The van der Waals surface area contributed by atoms with Crippen LogP contribution in [0.3, 0.4) is 0 Å². The van der Waals surface area contributed by atoms with Crippen molar-refractivity contribution in [2.75, 3.05) is 6.54 Å². The van der Waals surface area contributed by atoms with Gasteiger partial charge in [-0.3, -0.25) is 4.99 Å². The van der Waals surface area contributed by atoms with Crippen molar-refractivity contribution < 1.29 is 0 Å². The van der Waals surface area contributed by atoms with Gasteiger partial charge in [-0.2, -0.15) is 0 Å². The Kier molecular flexibility index (Phi) is 3.09. The zero-order chi connectivity index (χ0) is 11.7. The fourth-order valence-electron chi connectivity index (χ4n) is 2.15. The summed E-state index contributed by atoms with van der Waals surface area (Å²) in [6, 6.07) is 0.397. The summed E-state index contributed by atoms with van der Waals surface area (Å²) in [6.45, 7) is 4.14. The summed E-state index contributed by atoms with van der Waals surface area (Å²) in [5.74, 6) is 0.937. The van der Waals surface area contributed by atoms with Crippen LogP contribution >= 0.6 is 11.8 Å². The highest BCUT2D eigenvalue weighted by atomic mass is 32.2. The summed E-state index contributed by atoms with van der Waals surface area (Å²) in [7, 11) is 0. The molecule has 1 aromatic heterocycles. The molecule has 0 spiro atoms. The Labute approximate surface area is 106 Å². The third-order valence-corrected chi connectivity index (χ3v) is 4.55. The fourth-order valence-corrected chi connectivity index (χ4v) is 3.47. The quantitative estimate of drug-likeness (QED) is 0.885. The zero-order valence-corrected chi connectivity index (χ0v) is 10.9. The van der Waals surface area contributed by atoms with Crippen molar-refractivity contribution in [3.63, 3.8) is 0 Å². The van der Waals surface area contributed by atoms with Crippen LogP contribution in [0, 0.1) is 5.92 Å². The van der Waals surface area contributed by atoms with Crippen molar-refractivity contribution in [1.29, 1.82) is 0 Å². The molecule has 2 heterocycles. The van der Waals surface area contributed by atoms with Crippen molar-refractivity contribution in [2.24, 2.45) is 10.9 Å². The van der Waals surface area contributed by atoms with Crippen LogP contribution in [0.25, 0.3) is 0 Å². The minimum Gasteiger partial charge on any atom is -0.361 e. The van der Waals surface area contributed by atoms with Crippen molar-refractivity contribution >= 4 is 16.9 Å². The minimum absolute atomic E-state index is 0.397. The van der Waals surface area contributed by atoms with Gasteiger partial charge in [-0.25, -0.2) is 4.98 Å². The van der Waals surface area contributed by atoms with Gasteiger partial charge in [0.05, 0.1) is 12.9 Å². The maximum absolute atomic E-state index is 4.59. The highest BCUT2D eigenvalue weighted by Gasteiger charge is 2.35. The van der Waals surface area contributed by atoms with Gasteiger partial charge in [0.2, 0.25) is 0 Å². The van der Waals surface area contributed by atoms with Gasteiger partial charge < -0.3 is 9.88 Å². The summed E-state index contributed by atoms with van der Waals surface area (Å²) in [5.41, 5.74) is 0. The van der Waals surface area contributed by atoms with E-state index in [1.54, 1.807) is 0 Å². The molecule has 0 bridgehead atoms. The molecule has 2 aliphatic rings. The maximum Gasteiger partial charge on any atom is 0.157 e. The Balaban J connectivity index is 1.47. The number of nitrogens with one attached hydrogen (secondary N) is 1.